The molecule has 2 aromatic carbocycles. The molecule has 190 valence electrons. The fourth-order valence-electron chi connectivity index (χ4n) is 4.56. The zero-order valence-electron chi connectivity index (χ0n) is 20.8. The van der Waals surface area contributed by atoms with E-state index in [0.29, 0.717) is 30.9 Å². The normalized spacial score (nSPS) is 13.8. The third kappa shape index (κ3) is 5.61. The van der Waals surface area contributed by atoms with Gasteiger partial charge in [0.05, 0.1) is 6.67 Å². The molecule has 1 N–H and O–H groups in total. The highest BCUT2D eigenvalue weighted by Crippen LogP contribution is 2.34. The third-order valence-electron chi connectivity index (χ3n) is 6.45. The van der Waals surface area contributed by atoms with Gasteiger partial charge < -0.3 is 4.90 Å². The molecule has 0 spiro atoms. The number of hydrogen-bond donors (Lipinski definition) is 1. The number of carbonyl (C=O) groups is 1. The van der Waals surface area contributed by atoms with E-state index in [2.05, 4.69) is 20.6 Å². The summed E-state index contributed by atoms with van der Waals surface area (Å²) in [6.45, 7) is 4.66. The lowest BCUT2D eigenvalue weighted by atomic mass is 9.98. The molecule has 3 aromatic rings. The molecule has 0 fully saturated rings. The monoisotopic (exact) mass is 494 g/mol. The van der Waals surface area contributed by atoms with Gasteiger partial charge in [0.1, 0.15) is 5.70 Å². The number of amides is 1. The van der Waals surface area contributed by atoms with Gasteiger partial charge >= 0.3 is 0 Å². The molecular weight excluding hydrogens is 462 g/mol. The molecule has 0 saturated heterocycles. The second-order valence-electron chi connectivity index (χ2n) is 8.98. The summed E-state index contributed by atoms with van der Waals surface area (Å²) < 4.78 is 28.3. The number of H-pyrrole nitrogens is 1. The maximum absolute atomic E-state index is 14.2. The Labute approximate surface area is 210 Å². The third-order valence-corrected chi connectivity index (χ3v) is 6.45. The first kappa shape index (κ1) is 25.5. The van der Waals surface area contributed by atoms with Crippen LogP contribution in [0.25, 0.3) is 22.5 Å². The van der Waals surface area contributed by atoms with Crippen molar-refractivity contribution in [3.63, 3.8) is 0 Å². The Bertz CT molecular complexity index is 1180. The maximum atomic E-state index is 14.2. The number of nitrogens with zero attached hydrogens (tertiary/aromatic N) is 5. The van der Waals surface area contributed by atoms with Gasteiger partial charge in [0, 0.05) is 24.2 Å². The van der Waals surface area contributed by atoms with Crippen LogP contribution >= 0.6 is 0 Å². The van der Waals surface area contributed by atoms with Gasteiger partial charge in [-0.15, -0.1) is 10.2 Å². The predicted molar refractivity (Wildman–Crippen MR) is 134 cm³/mol. The van der Waals surface area contributed by atoms with Gasteiger partial charge in [-0.1, -0.05) is 75.2 Å². The van der Waals surface area contributed by atoms with E-state index in [1.807, 2.05) is 67.3 Å². The Morgan fingerprint density at radius 1 is 1.03 bits per heavy atom. The highest BCUT2D eigenvalue weighted by molar-refractivity contribution is 5.80. The van der Waals surface area contributed by atoms with Crippen LogP contribution in [0.4, 0.5) is 8.78 Å². The number of benzene rings is 2. The number of allylic oxidation sites excluding steroid dienone is 2. The number of alkyl halides is 2. The molecule has 0 bridgehead atoms. The number of aromatic nitrogens is 4. The number of hydrogen-bond acceptors (Lipinski definition) is 5. The predicted octanol–water partition coefficient (Wildman–Crippen LogP) is 5.99. The molecule has 1 aliphatic heterocycles. The summed E-state index contributed by atoms with van der Waals surface area (Å²) in [6.07, 6.45) is 1.37. The number of tetrazole rings is 1. The first-order valence-corrected chi connectivity index (χ1v) is 12.5. The largest absolute Gasteiger partial charge is 0.351 e. The molecule has 36 heavy (non-hydrogen) atoms. The Kier molecular flexibility index (Phi) is 8.40. The summed E-state index contributed by atoms with van der Waals surface area (Å²) in [5.41, 5.74) is 4.29. The highest BCUT2D eigenvalue weighted by Gasteiger charge is 2.36. The van der Waals surface area contributed by atoms with Crippen molar-refractivity contribution in [1.29, 1.82) is 0 Å². The van der Waals surface area contributed by atoms with Crippen LogP contribution in [-0.4, -0.2) is 49.4 Å². The summed E-state index contributed by atoms with van der Waals surface area (Å²) in [6, 6.07) is 15.9. The van der Waals surface area contributed by atoms with Crippen molar-refractivity contribution in [2.45, 2.75) is 65.3 Å². The Morgan fingerprint density at radius 3 is 2.39 bits per heavy atom. The van der Waals surface area contributed by atoms with E-state index in [1.165, 1.54) is 4.90 Å². The molecule has 0 radical (unpaired) electrons. The van der Waals surface area contributed by atoms with Crippen molar-refractivity contribution in [2.75, 3.05) is 6.67 Å². The standard InChI is InChI=1S/C27H32F2N6O/c1-3-5-11-23-25(26(28)29)35(24(36)12-6-4-2)18-34(23)17-19-13-15-20(16-14-19)21-9-7-8-10-22(21)27-30-32-33-31-27/h7-10,13-16,26H,3-6,11-12,17-18H2,1-2H3,(H,30,31,32,33). The van der Waals surface area contributed by atoms with Gasteiger partial charge in [0.25, 0.3) is 6.43 Å². The zero-order chi connectivity index (χ0) is 25.5. The number of carbonyl (C=O) groups excluding carboxylic acids is 1. The quantitative estimate of drug-likeness (QED) is 0.354. The van der Waals surface area contributed by atoms with E-state index in [4.69, 9.17) is 0 Å². The fraction of sp³-hybridized carbons (Fsp3) is 0.407. The first-order valence-electron chi connectivity index (χ1n) is 12.5. The van der Waals surface area contributed by atoms with Crippen molar-refractivity contribution in [2.24, 2.45) is 0 Å². The number of halogens is 2. The van der Waals surface area contributed by atoms with Crippen molar-refractivity contribution < 1.29 is 13.6 Å². The summed E-state index contributed by atoms with van der Waals surface area (Å²) in [7, 11) is 0. The van der Waals surface area contributed by atoms with Crippen LogP contribution in [-0.2, 0) is 11.3 Å². The van der Waals surface area contributed by atoms with Gasteiger partial charge in [-0.05, 0) is 41.2 Å². The molecule has 1 amide bonds. The van der Waals surface area contributed by atoms with Gasteiger partial charge in [-0.25, -0.2) is 8.78 Å². The second-order valence-corrected chi connectivity index (χ2v) is 8.98. The lowest BCUT2D eigenvalue weighted by Gasteiger charge is -2.24. The van der Waals surface area contributed by atoms with Crippen molar-refractivity contribution >= 4 is 5.91 Å². The molecule has 0 unspecified atom stereocenters. The molecule has 7 nitrogen and oxygen atoms in total. The van der Waals surface area contributed by atoms with Gasteiger partial charge in [0.15, 0.2) is 0 Å². The van der Waals surface area contributed by atoms with Gasteiger partial charge in [0.2, 0.25) is 11.7 Å². The van der Waals surface area contributed by atoms with E-state index in [1.54, 1.807) is 0 Å². The molecule has 1 aromatic heterocycles. The Hall–Kier alpha value is -3.62. The van der Waals surface area contributed by atoms with Crippen LogP contribution in [0.5, 0.6) is 0 Å². The van der Waals surface area contributed by atoms with Crippen molar-refractivity contribution in [1.82, 2.24) is 30.4 Å². The minimum atomic E-state index is -2.68. The average molecular weight is 495 g/mol. The lowest BCUT2D eigenvalue weighted by molar-refractivity contribution is -0.131. The van der Waals surface area contributed by atoms with Crippen LogP contribution in [0, 0.1) is 0 Å². The minimum absolute atomic E-state index is 0.116. The number of nitrogens with one attached hydrogen (secondary N) is 1. The topological polar surface area (TPSA) is 78.0 Å². The van der Waals surface area contributed by atoms with Crippen LogP contribution in [0.3, 0.4) is 0 Å². The van der Waals surface area contributed by atoms with E-state index in [-0.39, 0.29) is 24.7 Å². The summed E-state index contributed by atoms with van der Waals surface area (Å²) >= 11 is 0. The molecule has 9 heteroatoms. The second kappa shape index (κ2) is 11.9. The zero-order valence-corrected chi connectivity index (χ0v) is 20.8. The molecule has 0 aliphatic carbocycles. The number of rotatable bonds is 11. The molecule has 4 rings (SSSR count). The van der Waals surface area contributed by atoms with E-state index >= 15 is 0 Å². The molecule has 0 saturated carbocycles. The minimum Gasteiger partial charge on any atom is -0.351 e. The maximum Gasteiger partial charge on any atom is 0.280 e. The summed E-state index contributed by atoms with van der Waals surface area (Å²) in [4.78, 5) is 16.0. The van der Waals surface area contributed by atoms with Crippen molar-refractivity contribution in [3.05, 3.63) is 65.5 Å². The lowest BCUT2D eigenvalue weighted by Crippen LogP contribution is -2.34. The number of unbranched alkanes of at least 4 members (excludes halogenated alkanes) is 2. The van der Waals surface area contributed by atoms with E-state index < -0.39 is 6.43 Å². The molecule has 0 atom stereocenters. The average Bonchev–Trinajstić information content (AvgIpc) is 3.55. The van der Waals surface area contributed by atoms with Crippen LogP contribution in [0.15, 0.2) is 59.9 Å². The highest BCUT2D eigenvalue weighted by atomic mass is 19.3. The SMILES string of the molecule is CCCCC(=O)N1CN(Cc2ccc(-c3ccccc3-c3nn[nH]n3)cc2)C(CCCC)=C1C(F)F. The van der Waals surface area contributed by atoms with Crippen LogP contribution in [0.1, 0.15) is 57.9 Å². The van der Waals surface area contributed by atoms with Crippen molar-refractivity contribution in [3.8, 4) is 22.5 Å². The Morgan fingerprint density at radius 2 is 1.75 bits per heavy atom. The molecular formula is C27H32F2N6O. The van der Waals surface area contributed by atoms with E-state index in [0.717, 1.165) is 41.5 Å². The smallest absolute Gasteiger partial charge is 0.280 e. The van der Waals surface area contributed by atoms with E-state index in [9.17, 15) is 13.6 Å². The van der Waals surface area contributed by atoms with Crippen LogP contribution in [0.2, 0.25) is 0 Å². The molecule has 2 heterocycles. The Balaban J connectivity index is 1.57. The van der Waals surface area contributed by atoms with Gasteiger partial charge in [-0.2, -0.15) is 5.21 Å². The summed E-state index contributed by atoms with van der Waals surface area (Å²) in [5.74, 6) is 0.293. The first-order chi connectivity index (χ1) is 17.5. The summed E-state index contributed by atoms with van der Waals surface area (Å²) in [5, 5.41) is 14.3. The molecule has 1 aliphatic rings. The van der Waals surface area contributed by atoms with Gasteiger partial charge in [-0.3, -0.25) is 9.69 Å². The van der Waals surface area contributed by atoms with Crippen LogP contribution < -0.4 is 0 Å². The fourth-order valence-corrected chi connectivity index (χ4v) is 4.56. The number of aromatic amines is 1.